The summed E-state index contributed by atoms with van der Waals surface area (Å²) in [6.45, 7) is 5.03. The summed E-state index contributed by atoms with van der Waals surface area (Å²) in [5, 5.41) is 3.74. The summed E-state index contributed by atoms with van der Waals surface area (Å²) >= 11 is 12.6. The summed E-state index contributed by atoms with van der Waals surface area (Å²) in [5.41, 5.74) is 2.40. The van der Waals surface area contributed by atoms with E-state index in [1.807, 2.05) is 51.1 Å². The Kier molecular flexibility index (Phi) is 11.7. The van der Waals surface area contributed by atoms with Crippen LogP contribution in [0.5, 0.6) is 5.75 Å². The van der Waals surface area contributed by atoms with Crippen molar-refractivity contribution in [2.45, 2.75) is 52.2 Å². The van der Waals surface area contributed by atoms with E-state index in [0.717, 1.165) is 21.7 Å². The number of carbonyl (C=O) groups excluding carboxylic acids is 2. The summed E-state index contributed by atoms with van der Waals surface area (Å²) in [7, 11) is -2.52. The monoisotopic (exact) mass is 633 g/mol. The Morgan fingerprint density at radius 2 is 1.71 bits per heavy atom. The smallest absolute Gasteiger partial charge is 0.244 e. The summed E-state index contributed by atoms with van der Waals surface area (Å²) in [6, 6.07) is 18.2. The maximum Gasteiger partial charge on any atom is 0.244 e. The molecule has 3 aromatic carbocycles. The standard InChI is InChI=1S/C31H37Cl2N3O5S/c1-6-22(3)34-31(38)28(17-23-10-8-7-9-11-23)35(19-24-13-14-25(32)18-26(24)33)30(37)20-36(42(5,39)40)27-16-21(2)12-15-29(27)41-4/h7-16,18,22,28H,6,17,19-20H2,1-5H3,(H,34,38)/t22-,28-/m0/s1. The Hall–Kier alpha value is -3.27. The second kappa shape index (κ2) is 14.8. The Morgan fingerprint density at radius 1 is 1.02 bits per heavy atom. The van der Waals surface area contributed by atoms with Gasteiger partial charge >= 0.3 is 0 Å². The Balaban J connectivity index is 2.13. The molecule has 0 bridgehead atoms. The molecule has 0 heterocycles. The van der Waals surface area contributed by atoms with Gasteiger partial charge in [0, 0.05) is 29.1 Å². The van der Waals surface area contributed by atoms with Crippen LogP contribution in [0.4, 0.5) is 5.69 Å². The van der Waals surface area contributed by atoms with E-state index in [4.69, 9.17) is 27.9 Å². The van der Waals surface area contributed by atoms with E-state index in [0.29, 0.717) is 27.8 Å². The lowest BCUT2D eigenvalue weighted by molar-refractivity contribution is -0.140. The van der Waals surface area contributed by atoms with Crippen molar-refractivity contribution in [3.63, 3.8) is 0 Å². The molecule has 0 aliphatic heterocycles. The van der Waals surface area contributed by atoms with Crippen molar-refractivity contribution in [1.82, 2.24) is 10.2 Å². The number of rotatable bonds is 13. The van der Waals surface area contributed by atoms with Gasteiger partial charge in [-0.1, -0.05) is 72.6 Å². The largest absolute Gasteiger partial charge is 0.495 e. The van der Waals surface area contributed by atoms with Crippen LogP contribution in [0.3, 0.4) is 0 Å². The van der Waals surface area contributed by atoms with E-state index in [9.17, 15) is 18.0 Å². The van der Waals surface area contributed by atoms with Gasteiger partial charge in [0.15, 0.2) is 0 Å². The van der Waals surface area contributed by atoms with Gasteiger partial charge in [0.25, 0.3) is 0 Å². The third kappa shape index (κ3) is 8.86. The minimum atomic E-state index is -3.95. The van der Waals surface area contributed by atoms with Crippen LogP contribution in [0.25, 0.3) is 0 Å². The molecule has 0 fully saturated rings. The fourth-order valence-corrected chi connectivity index (χ4v) is 5.73. The lowest BCUT2D eigenvalue weighted by atomic mass is 10.0. The van der Waals surface area contributed by atoms with E-state index in [1.54, 1.807) is 36.4 Å². The van der Waals surface area contributed by atoms with Crippen LogP contribution in [0.1, 0.15) is 37.0 Å². The molecule has 0 radical (unpaired) electrons. The van der Waals surface area contributed by atoms with Crippen LogP contribution in [0.2, 0.25) is 10.0 Å². The van der Waals surface area contributed by atoms with Gasteiger partial charge in [-0.25, -0.2) is 8.42 Å². The number of methoxy groups -OCH3 is 1. The van der Waals surface area contributed by atoms with Crippen LogP contribution < -0.4 is 14.4 Å². The van der Waals surface area contributed by atoms with E-state index < -0.39 is 28.5 Å². The number of halogens is 2. The average Bonchev–Trinajstić information content (AvgIpc) is 2.94. The average molecular weight is 635 g/mol. The number of anilines is 1. The predicted molar refractivity (Wildman–Crippen MR) is 169 cm³/mol. The first-order chi connectivity index (χ1) is 19.8. The van der Waals surface area contributed by atoms with Crippen molar-refractivity contribution in [2.75, 3.05) is 24.2 Å². The topological polar surface area (TPSA) is 96.0 Å². The van der Waals surface area contributed by atoms with Crippen LogP contribution in [0.15, 0.2) is 66.7 Å². The Bertz CT molecular complexity index is 1500. The second-order valence-electron chi connectivity index (χ2n) is 10.2. The molecule has 1 N–H and O–H groups in total. The second-order valence-corrected chi connectivity index (χ2v) is 13.0. The Morgan fingerprint density at radius 3 is 2.31 bits per heavy atom. The number of amides is 2. The number of nitrogens with one attached hydrogen (secondary N) is 1. The molecule has 0 saturated carbocycles. The molecule has 3 rings (SSSR count). The third-order valence-corrected chi connectivity index (χ3v) is 8.62. The first kappa shape index (κ1) is 33.2. The highest BCUT2D eigenvalue weighted by atomic mass is 35.5. The fraction of sp³-hybridized carbons (Fsp3) is 0.355. The minimum absolute atomic E-state index is 0.0528. The molecule has 0 unspecified atom stereocenters. The molecule has 226 valence electrons. The van der Waals surface area contributed by atoms with E-state index in [2.05, 4.69) is 5.32 Å². The lowest BCUT2D eigenvalue weighted by Crippen LogP contribution is -2.54. The van der Waals surface area contributed by atoms with E-state index in [-0.39, 0.29) is 30.6 Å². The van der Waals surface area contributed by atoms with E-state index >= 15 is 0 Å². The van der Waals surface area contributed by atoms with E-state index in [1.165, 1.54) is 12.0 Å². The number of hydrogen-bond acceptors (Lipinski definition) is 5. The first-order valence-corrected chi connectivity index (χ1v) is 16.1. The normalized spacial score (nSPS) is 12.7. The van der Waals surface area contributed by atoms with Gasteiger partial charge in [-0.2, -0.15) is 0 Å². The SMILES string of the molecule is CC[C@H](C)NC(=O)[C@H](Cc1ccccc1)N(Cc1ccc(Cl)cc1Cl)C(=O)CN(c1cc(C)ccc1OC)S(C)(=O)=O. The molecular formula is C31H37Cl2N3O5S. The van der Waals surface area contributed by atoms with Crippen LogP contribution in [0, 0.1) is 6.92 Å². The molecule has 3 aromatic rings. The number of aryl methyl sites for hydroxylation is 1. The van der Waals surface area contributed by atoms with Gasteiger partial charge < -0.3 is 15.0 Å². The highest BCUT2D eigenvalue weighted by molar-refractivity contribution is 7.92. The van der Waals surface area contributed by atoms with Gasteiger partial charge in [0.1, 0.15) is 18.3 Å². The highest BCUT2D eigenvalue weighted by Crippen LogP contribution is 2.32. The van der Waals surface area contributed by atoms with Gasteiger partial charge in [0.2, 0.25) is 21.8 Å². The van der Waals surface area contributed by atoms with Crippen molar-refractivity contribution < 1.29 is 22.7 Å². The molecule has 2 atom stereocenters. The Labute approximate surface area is 258 Å². The van der Waals surface area contributed by atoms with Crippen molar-refractivity contribution >= 4 is 50.7 Å². The molecule has 8 nitrogen and oxygen atoms in total. The molecule has 0 aliphatic carbocycles. The molecule has 0 spiro atoms. The summed E-state index contributed by atoms with van der Waals surface area (Å²) in [4.78, 5) is 29.4. The van der Waals surface area contributed by atoms with Crippen molar-refractivity contribution in [1.29, 1.82) is 0 Å². The summed E-state index contributed by atoms with van der Waals surface area (Å²) in [5.74, 6) is -0.651. The fourth-order valence-electron chi connectivity index (χ4n) is 4.42. The van der Waals surface area contributed by atoms with Crippen LogP contribution in [-0.2, 0) is 32.6 Å². The van der Waals surface area contributed by atoms with Crippen molar-refractivity contribution in [3.8, 4) is 5.75 Å². The number of carbonyl (C=O) groups is 2. The van der Waals surface area contributed by atoms with Crippen LogP contribution in [-0.4, -0.2) is 57.1 Å². The lowest BCUT2D eigenvalue weighted by Gasteiger charge is -2.34. The predicted octanol–water partition coefficient (Wildman–Crippen LogP) is 5.63. The molecule has 2 amide bonds. The summed E-state index contributed by atoms with van der Waals surface area (Å²) in [6.07, 6.45) is 1.92. The number of ether oxygens (including phenoxy) is 1. The zero-order valence-corrected chi connectivity index (χ0v) is 26.8. The van der Waals surface area contributed by atoms with Crippen molar-refractivity contribution in [3.05, 3.63) is 93.5 Å². The number of nitrogens with zero attached hydrogens (tertiary/aromatic N) is 2. The molecule has 0 aliphatic rings. The van der Waals surface area contributed by atoms with Gasteiger partial charge in [-0.15, -0.1) is 0 Å². The maximum atomic E-state index is 14.3. The molecule has 0 aromatic heterocycles. The molecule has 11 heteroatoms. The van der Waals surface area contributed by atoms with Gasteiger partial charge in [0.05, 0.1) is 19.1 Å². The zero-order chi connectivity index (χ0) is 31.0. The van der Waals surface area contributed by atoms with Gasteiger partial charge in [-0.3, -0.25) is 13.9 Å². The number of sulfonamides is 1. The number of hydrogen-bond donors (Lipinski definition) is 1. The number of benzene rings is 3. The van der Waals surface area contributed by atoms with Gasteiger partial charge in [-0.05, 0) is 61.2 Å². The highest BCUT2D eigenvalue weighted by Gasteiger charge is 2.34. The quantitative estimate of drug-likeness (QED) is 0.263. The third-order valence-electron chi connectivity index (χ3n) is 6.91. The zero-order valence-electron chi connectivity index (χ0n) is 24.4. The summed E-state index contributed by atoms with van der Waals surface area (Å²) < 4.78 is 32.6. The van der Waals surface area contributed by atoms with Crippen molar-refractivity contribution in [2.24, 2.45) is 0 Å². The molecule has 0 saturated heterocycles. The maximum absolute atomic E-state index is 14.3. The first-order valence-electron chi connectivity index (χ1n) is 13.5. The van der Waals surface area contributed by atoms with Crippen LogP contribution >= 0.6 is 23.2 Å². The molecule has 42 heavy (non-hydrogen) atoms. The molecular weight excluding hydrogens is 597 g/mol. The minimum Gasteiger partial charge on any atom is -0.495 e.